The molecule has 2 atom stereocenters. The maximum absolute atomic E-state index is 14.2. The van der Waals surface area contributed by atoms with Gasteiger partial charge in [-0.15, -0.1) is 0 Å². The Labute approximate surface area is 148 Å². The first-order chi connectivity index (χ1) is 12.6. The number of benzene rings is 2. The minimum atomic E-state index is -0.933. The topological polar surface area (TPSA) is 34.1 Å². The van der Waals surface area contributed by atoms with E-state index in [0.29, 0.717) is 17.9 Å². The van der Waals surface area contributed by atoms with E-state index in [-0.39, 0.29) is 18.0 Å². The second-order valence-corrected chi connectivity index (χ2v) is 6.42. The molecule has 0 bridgehead atoms. The van der Waals surface area contributed by atoms with E-state index in [0.717, 1.165) is 35.7 Å². The summed E-state index contributed by atoms with van der Waals surface area (Å²) in [7, 11) is 0. The number of ether oxygens (including phenoxy) is 1. The van der Waals surface area contributed by atoms with Crippen molar-refractivity contribution in [3.8, 4) is 5.75 Å². The van der Waals surface area contributed by atoms with Gasteiger partial charge in [0.15, 0.2) is 11.6 Å². The zero-order valence-electron chi connectivity index (χ0n) is 13.9. The fourth-order valence-electron chi connectivity index (χ4n) is 3.19. The Morgan fingerprint density at radius 3 is 2.62 bits per heavy atom. The summed E-state index contributed by atoms with van der Waals surface area (Å²) in [5.41, 5.74) is 0.586. The molecule has 1 fully saturated rings. The molecule has 1 aliphatic carbocycles. The van der Waals surface area contributed by atoms with Crippen LogP contribution in [0.25, 0.3) is 10.8 Å². The first kappa shape index (κ1) is 16.8. The Bertz CT molecular complexity index is 947. The third kappa shape index (κ3) is 3.24. The lowest BCUT2D eigenvalue weighted by atomic mass is 9.88. The molecule has 3 nitrogen and oxygen atoms in total. The van der Waals surface area contributed by atoms with E-state index in [9.17, 15) is 13.2 Å². The monoisotopic (exact) mass is 358 g/mol. The van der Waals surface area contributed by atoms with Crippen LogP contribution in [0.1, 0.15) is 18.4 Å². The van der Waals surface area contributed by atoms with Crippen LogP contribution in [0.2, 0.25) is 0 Å². The van der Waals surface area contributed by atoms with Gasteiger partial charge in [0, 0.05) is 42.0 Å². The van der Waals surface area contributed by atoms with Crippen LogP contribution in [0.3, 0.4) is 0 Å². The number of halogens is 3. The summed E-state index contributed by atoms with van der Waals surface area (Å²) in [6.45, 7) is 0.357. The number of nitrogens with one attached hydrogen (secondary N) is 1. The molecule has 0 amide bonds. The average Bonchev–Trinajstić information content (AvgIpc) is 2.63. The Morgan fingerprint density at radius 2 is 1.85 bits per heavy atom. The molecule has 0 unspecified atom stereocenters. The molecular formula is C20H17F3N2O. The molecule has 0 radical (unpaired) electrons. The summed E-state index contributed by atoms with van der Waals surface area (Å²) in [6.07, 6.45) is 4.88. The summed E-state index contributed by atoms with van der Waals surface area (Å²) in [5, 5.41) is 5.02. The molecule has 1 aliphatic rings. The summed E-state index contributed by atoms with van der Waals surface area (Å²) < 4.78 is 46.3. The Hall–Kier alpha value is -2.60. The highest BCUT2D eigenvalue weighted by atomic mass is 19.2. The van der Waals surface area contributed by atoms with Crippen LogP contribution in [0.4, 0.5) is 13.2 Å². The van der Waals surface area contributed by atoms with Crippen LogP contribution < -0.4 is 10.1 Å². The van der Waals surface area contributed by atoms with Crippen molar-refractivity contribution in [1.29, 1.82) is 0 Å². The molecule has 6 heteroatoms. The number of nitrogens with zero attached hydrogens (tertiary/aromatic N) is 1. The van der Waals surface area contributed by atoms with Crippen molar-refractivity contribution in [2.24, 2.45) is 0 Å². The van der Waals surface area contributed by atoms with Crippen LogP contribution >= 0.6 is 0 Å². The third-order valence-electron chi connectivity index (χ3n) is 4.81. The standard InChI is InChI=1S/C20H17F3N2O/c21-16-3-1-12-10-24-8-7-14(12)15(16)11-25-19-5-6-20(19)26-13-2-4-17(22)18(23)9-13/h1-4,7-10,19-20,25H,5-6,11H2/t19-,20-/m1/s1. The highest BCUT2D eigenvalue weighted by molar-refractivity contribution is 5.84. The first-order valence-electron chi connectivity index (χ1n) is 8.48. The van der Waals surface area contributed by atoms with Gasteiger partial charge in [-0.3, -0.25) is 4.98 Å². The highest BCUT2D eigenvalue weighted by Crippen LogP contribution is 2.28. The van der Waals surface area contributed by atoms with Crippen molar-refractivity contribution in [2.45, 2.75) is 31.5 Å². The SMILES string of the molecule is Fc1ccc(O[C@@H]2CC[C@H]2NCc2c(F)ccc3cnccc23)cc1F. The van der Waals surface area contributed by atoms with Gasteiger partial charge in [-0.25, -0.2) is 13.2 Å². The van der Waals surface area contributed by atoms with Gasteiger partial charge in [0.05, 0.1) is 0 Å². The van der Waals surface area contributed by atoms with E-state index in [4.69, 9.17) is 4.74 Å². The third-order valence-corrected chi connectivity index (χ3v) is 4.81. The summed E-state index contributed by atoms with van der Waals surface area (Å²) in [6, 6.07) is 8.47. The maximum Gasteiger partial charge on any atom is 0.162 e. The maximum atomic E-state index is 14.2. The van der Waals surface area contributed by atoms with E-state index < -0.39 is 11.6 Å². The number of hydrogen-bond acceptors (Lipinski definition) is 3. The molecule has 1 aromatic heterocycles. The van der Waals surface area contributed by atoms with Gasteiger partial charge in [-0.05, 0) is 48.6 Å². The van der Waals surface area contributed by atoms with Gasteiger partial charge in [0.2, 0.25) is 0 Å². The van der Waals surface area contributed by atoms with Gasteiger partial charge < -0.3 is 10.1 Å². The van der Waals surface area contributed by atoms with Gasteiger partial charge in [-0.2, -0.15) is 0 Å². The fourth-order valence-corrected chi connectivity index (χ4v) is 3.19. The molecule has 26 heavy (non-hydrogen) atoms. The number of rotatable bonds is 5. The second kappa shape index (κ2) is 6.96. The Kier molecular flexibility index (Phi) is 4.51. The summed E-state index contributed by atoms with van der Waals surface area (Å²) in [5.74, 6) is -1.81. The Balaban J connectivity index is 1.44. The highest BCUT2D eigenvalue weighted by Gasteiger charge is 2.32. The first-order valence-corrected chi connectivity index (χ1v) is 8.48. The van der Waals surface area contributed by atoms with Gasteiger partial charge in [0.1, 0.15) is 17.7 Å². The van der Waals surface area contributed by atoms with Crippen LogP contribution in [0, 0.1) is 17.5 Å². The van der Waals surface area contributed by atoms with E-state index in [1.54, 1.807) is 24.5 Å². The quantitative estimate of drug-likeness (QED) is 0.736. The largest absolute Gasteiger partial charge is 0.489 e. The minimum absolute atomic E-state index is 0.0274. The average molecular weight is 358 g/mol. The van der Waals surface area contributed by atoms with Crippen molar-refractivity contribution in [3.05, 3.63) is 71.8 Å². The lowest BCUT2D eigenvalue weighted by Crippen LogP contribution is -2.50. The van der Waals surface area contributed by atoms with E-state index in [1.807, 2.05) is 0 Å². The zero-order chi connectivity index (χ0) is 18.1. The molecule has 3 aromatic rings. The van der Waals surface area contributed by atoms with Crippen LogP contribution in [0.5, 0.6) is 5.75 Å². The number of aromatic nitrogens is 1. The summed E-state index contributed by atoms with van der Waals surface area (Å²) >= 11 is 0. The van der Waals surface area contributed by atoms with Crippen molar-refractivity contribution < 1.29 is 17.9 Å². The smallest absolute Gasteiger partial charge is 0.162 e. The second-order valence-electron chi connectivity index (χ2n) is 6.42. The molecule has 1 N–H and O–H groups in total. The molecule has 134 valence electrons. The molecule has 2 aromatic carbocycles. The van der Waals surface area contributed by atoms with E-state index in [2.05, 4.69) is 10.3 Å². The number of fused-ring (bicyclic) bond motifs is 1. The molecule has 1 saturated carbocycles. The predicted octanol–water partition coefficient (Wildman–Crippen LogP) is 4.35. The van der Waals surface area contributed by atoms with Crippen LogP contribution in [-0.4, -0.2) is 17.1 Å². The predicted molar refractivity (Wildman–Crippen MR) is 92.3 cm³/mol. The molecule has 0 spiro atoms. The van der Waals surface area contributed by atoms with Crippen molar-refractivity contribution >= 4 is 10.8 Å². The molecule has 4 rings (SSSR count). The molecular weight excluding hydrogens is 341 g/mol. The number of hydrogen-bond donors (Lipinski definition) is 1. The Morgan fingerprint density at radius 1 is 1.00 bits per heavy atom. The van der Waals surface area contributed by atoms with Gasteiger partial charge >= 0.3 is 0 Å². The van der Waals surface area contributed by atoms with Crippen molar-refractivity contribution in [2.75, 3.05) is 0 Å². The summed E-state index contributed by atoms with van der Waals surface area (Å²) in [4.78, 5) is 4.06. The van der Waals surface area contributed by atoms with Gasteiger partial charge in [0.25, 0.3) is 0 Å². The lowest BCUT2D eigenvalue weighted by molar-refractivity contribution is 0.0713. The van der Waals surface area contributed by atoms with Crippen molar-refractivity contribution in [1.82, 2.24) is 10.3 Å². The van der Waals surface area contributed by atoms with Crippen molar-refractivity contribution in [3.63, 3.8) is 0 Å². The van der Waals surface area contributed by atoms with Crippen LogP contribution in [0.15, 0.2) is 48.8 Å². The fraction of sp³-hybridized carbons (Fsp3) is 0.250. The van der Waals surface area contributed by atoms with Gasteiger partial charge in [-0.1, -0.05) is 0 Å². The molecule has 0 aliphatic heterocycles. The van der Waals surface area contributed by atoms with E-state index >= 15 is 0 Å². The van der Waals surface area contributed by atoms with E-state index in [1.165, 1.54) is 12.1 Å². The van der Waals surface area contributed by atoms with Crippen LogP contribution in [-0.2, 0) is 6.54 Å². The molecule has 1 heterocycles. The minimum Gasteiger partial charge on any atom is -0.489 e. The number of pyridine rings is 1. The normalized spacial score (nSPS) is 19.3. The zero-order valence-corrected chi connectivity index (χ0v) is 13.9. The molecule has 0 saturated heterocycles. The lowest BCUT2D eigenvalue weighted by Gasteiger charge is -2.37.